The fraction of sp³-hybridized carbons (Fsp3) is 0.235. The van der Waals surface area contributed by atoms with Crippen LogP contribution in [0.25, 0.3) is 0 Å². The molecule has 0 fully saturated rings. The average Bonchev–Trinajstić information content (AvgIpc) is 2.46. The standard InChI is InChI=1S/C17H17BrFNO/c1-17(2,13-5-9-15(19)10-6-13)11-20-16(21)12-3-7-14(18)8-4-12/h3-10H,11H2,1-2H3,(H,20,21). The first-order valence-corrected chi connectivity index (χ1v) is 7.47. The molecule has 0 saturated heterocycles. The van der Waals surface area contributed by atoms with E-state index in [-0.39, 0.29) is 17.1 Å². The molecule has 2 rings (SSSR count). The first kappa shape index (κ1) is 15.7. The van der Waals surface area contributed by atoms with Gasteiger partial charge in [0.25, 0.3) is 5.91 Å². The summed E-state index contributed by atoms with van der Waals surface area (Å²) in [5, 5.41) is 2.92. The Morgan fingerprint density at radius 2 is 1.67 bits per heavy atom. The van der Waals surface area contributed by atoms with E-state index >= 15 is 0 Å². The van der Waals surface area contributed by atoms with Gasteiger partial charge >= 0.3 is 0 Å². The summed E-state index contributed by atoms with van der Waals surface area (Å²) in [7, 11) is 0. The second-order valence-corrected chi connectivity index (χ2v) is 6.50. The smallest absolute Gasteiger partial charge is 0.251 e. The Morgan fingerprint density at radius 3 is 2.24 bits per heavy atom. The topological polar surface area (TPSA) is 29.1 Å². The lowest BCUT2D eigenvalue weighted by Crippen LogP contribution is -2.36. The minimum Gasteiger partial charge on any atom is -0.351 e. The monoisotopic (exact) mass is 349 g/mol. The molecule has 0 radical (unpaired) electrons. The van der Waals surface area contributed by atoms with E-state index < -0.39 is 0 Å². The van der Waals surface area contributed by atoms with Crippen molar-refractivity contribution in [2.24, 2.45) is 0 Å². The molecule has 0 aliphatic heterocycles. The third-order valence-electron chi connectivity index (χ3n) is 3.42. The molecule has 0 spiro atoms. The van der Waals surface area contributed by atoms with Crippen LogP contribution >= 0.6 is 15.9 Å². The van der Waals surface area contributed by atoms with Gasteiger partial charge in [-0.05, 0) is 42.0 Å². The van der Waals surface area contributed by atoms with Crippen LogP contribution in [0.1, 0.15) is 29.8 Å². The zero-order valence-corrected chi connectivity index (χ0v) is 13.6. The zero-order valence-electron chi connectivity index (χ0n) is 12.0. The second-order valence-electron chi connectivity index (χ2n) is 5.58. The Kier molecular flexibility index (Phi) is 4.78. The zero-order chi connectivity index (χ0) is 15.5. The highest BCUT2D eigenvalue weighted by Crippen LogP contribution is 2.22. The number of benzene rings is 2. The maximum Gasteiger partial charge on any atom is 0.251 e. The molecule has 0 bridgehead atoms. The molecule has 4 heteroatoms. The molecule has 0 unspecified atom stereocenters. The average molecular weight is 350 g/mol. The van der Waals surface area contributed by atoms with Crippen molar-refractivity contribution in [2.75, 3.05) is 6.54 Å². The Bertz CT molecular complexity index is 620. The molecule has 2 aromatic rings. The van der Waals surface area contributed by atoms with Crippen molar-refractivity contribution in [2.45, 2.75) is 19.3 Å². The maximum absolute atomic E-state index is 13.0. The number of rotatable bonds is 4. The van der Waals surface area contributed by atoms with E-state index in [0.29, 0.717) is 12.1 Å². The fourth-order valence-corrected chi connectivity index (χ4v) is 2.27. The lowest BCUT2D eigenvalue weighted by molar-refractivity contribution is 0.0945. The van der Waals surface area contributed by atoms with Gasteiger partial charge in [-0.15, -0.1) is 0 Å². The van der Waals surface area contributed by atoms with Crippen molar-refractivity contribution in [3.05, 3.63) is 69.9 Å². The van der Waals surface area contributed by atoms with E-state index in [9.17, 15) is 9.18 Å². The molecule has 0 heterocycles. The summed E-state index contributed by atoms with van der Waals surface area (Å²) in [6, 6.07) is 13.6. The molecule has 110 valence electrons. The van der Waals surface area contributed by atoms with Crippen LogP contribution in [0, 0.1) is 5.82 Å². The van der Waals surface area contributed by atoms with Gasteiger partial charge in [-0.2, -0.15) is 0 Å². The summed E-state index contributed by atoms with van der Waals surface area (Å²) in [4.78, 5) is 12.1. The normalized spacial score (nSPS) is 11.2. The molecule has 2 aromatic carbocycles. The number of carbonyl (C=O) groups is 1. The summed E-state index contributed by atoms with van der Waals surface area (Å²) >= 11 is 3.34. The Morgan fingerprint density at radius 1 is 1.10 bits per heavy atom. The molecule has 0 atom stereocenters. The molecule has 0 aliphatic carbocycles. The SMILES string of the molecule is CC(C)(CNC(=O)c1ccc(Br)cc1)c1ccc(F)cc1. The molecule has 1 N–H and O–H groups in total. The number of carbonyl (C=O) groups excluding carboxylic acids is 1. The number of nitrogens with one attached hydrogen (secondary N) is 1. The van der Waals surface area contributed by atoms with Gasteiger partial charge in [0.15, 0.2) is 0 Å². The minimum atomic E-state index is -0.265. The Balaban J connectivity index is 2.02. The summed E-state index contributed by atoms with van der Waals surface area (Å²) in [5.74, 6) is -0.369. The molecule has 2 nitrogen and oxygen atoms in total. The van der Waals surface area contributed by atoms with E-state index in [1.54, 1.807) is 24.3 Å². The second kappa shape index (κ2) is 6.39. The van der Waals surface area contributed by atoms with Crippen LogP contribution in [-0.2, 0) is 5.41 Å². The molecular formula is C17H17BrFNO. The van der Waals surface area contributed by atoms with E-state index in [0.717, 1.165) is 10.0 Å². The van der Waals surface area contributed by atoms with E-state index in [1.807, 2.05) is 26.0 Å². The summed E-state index contributed by atoms with van der Waals surface area (Å²) < 4.78 is 13.9. The molecule has 0 aliphatic rings. The largest absolute Gasteiger partial charge is 0.351 e. The van der Waals surface area contributed by atoms with Crippen LogP contribution in [-0.4, -0.2) is 12.5 Å². The third kappa shape index (κ3) is 4.14. The van der Waals surface area contributed by atoms with E-state index in [4.69, 9.17) is 0 Å². The highest BCUT2D eigenvalue weighted by Gasteiger charge is 2.21. The van der Waals surface area contributed by atoms with Crippen molar-refractivity contribution >= 4 is 21.8 Å². The van der Waals surface area contributed by atoms with Crippen molar-refractivity contribution in [1.29, 1.82) is 0 Å². The fourth-order valence-electron chi connectivity index (χ4n) is 2.01. The van der Waals surface area contributed by atoms with Crippen molar-refractivity contribution in [3.8, 4) is 0 Å². The van der Waals surface area contributed by atoms with E-state index in [2.05, 4.69) is 21.2 Å². The number of amides is 1. The van der Waals surface area contributed by atoms with Gasteiger partial charge in [-0.1, -0.05) is 41.9 Å². The minimum absolute atomic E-state index is 0.113. The van der Waals surface area contributed by atoms with Crippen molar-refractivity contribution in [1.82, 2.24) is 5.32 Å². The van der Waals surface area contributed by atoms with Gasteiger partial charge in [0, 0.05) is 22.0 Å². The quantitative estimate of drug-likeness (QED) is 0.875. The van der Waals surface area contributed by atoms with Crippen LogP contribution in [0.3, 0.4) is 0 Å². The molecule has 21 heavy (non-hydrogen) atoms. The van der Waals surface area contributed by atoms with E-state index in [1.165, 1.54) is 12.1 Å². The summed E-state index contributed by atoms with van der Waals surface area (Å²) in [5.41, 5.74) is 1.34. The van der Waals surface area contributed by atoms with Crippen LogP contribution in [0.2, 0.25) is 0 Å². The summed E-state index contributed by atoms with van der Waals surface area (Å²) in [6.07, 6.45) is 0. The summed E-state index contributed by atoms with van der Waals surface area (Å²) in [6.45, 7) is 4.51. The predicted molar refractivity (Wildman–Crippen MR) is 85.9 cm³/mol. The highest BCUT2D eigenvalue weighted by molar-refractivity contribution is 9.10. The first-order valence-electron chi connectivity index (χ1n) is 6.68. The van der Waals surface area contributed by atoms with Gasteiger partial charge < -0.3 is 5.32 Å². The molecule has 0 aromatic heterocycles. The van der Waals surface area contributed by atoms with Gasteiger partial charge in [0.2, 0.25) is 0 Å². The maximum atomic E-state index is 13.0. The molecule has 1 amide bonds. The van der Waals surface area contributed by atoms with Crippen LogP contribution in [0.4, 0.5) is 4.39 Å². The lowest BCUT2D eigenvalue weighted by Gasteiger charge is -2.25. The van der Waals surface area contributed by atoms with Crippen LogP contribution in [0.15, 0.2) is 53.0 Å². The van der Waals surface area contributed by atoms with Crippen LogP contribution in [0.5, 0.6) is 0 Å². The predicted octanol–water partition coefficient (Wildman–Crippen LogP) is 4.30. The third-order valence-corrected chi connectivity index (χ3v) is 3.95. The number of halogens is 2. The Hall–Kier alpha value is -1.68. The number of hydrogen-bond acceptors (Lipinski definition) is 1. The molecular weight excluding hydrogens is 333 g/mol. The number of hydrogen-bond donors (Lipinski definition) is 1. The molecule has 0 saturated carbocycles. The Labute approximate surface area is 132 Å². The van der Waals surface area contributed by atoms with Gasteiger partial charge in [-0.3, -0.25) is 4.79 Å². The van der Waals surface area contributed by atoms with Crippen molar-refractivity contribution < 1.29 is 9.18 Å². The van der Waals surface area contributed by atoms with Crippen LogP contribution < -0.4 is 5.32 Å². The highest BCUT2D eigenvalue weighted by atomic mass is 79.9. The van der Waals surface area contributed by atoms with Gasteiger partial charge in [0.05, 0.1) is 0 Å². The first-order chi connectivity index (χ1) is 9.88. The van der Waals surface area contributed by atoms with Gasteiger partial charge in [-0.25, -0.2) is 4.39 Å². The van der Waals surface area contributed by atoms with Crippen molar-refractivity contribution in [3.63, 3.8) is 0 Å². The lowest BCUT2D eigenvalue weighted by atomic mass is 9.84. The van der Waals surface area contributed by atoms with Gasteiger partial charge in [0.1, 0.15) is 5.82 Å².